The number of hydrogen-bond donors (Lipinski definition) is 1. The molecule has 4 heteroatoms. The molecule has 112 valence electrons. The Hall–Kier alpha value is -0.900. The zero-order valence-corrected chi connectivity index (χ0v) is 14.3. The van der Waals surface area contributed by atoms with Crippen LogP contribution in [0.5, 0.6) is 0 Å². The highest BCUT2D eigenvalue weighted by molar-refractivity contribution is 7.15. The predicted octanol–water partition coefficient (Wildman–Crippen LogP) is 5.09. The molecule has 0 saturated heterocycles. The first-order valence-corrected chi connectivity index (χ1v) is 8.67. The van der Waals surface area contributed by atoms with Gasteiger partial charge in [-0.3, -0.25) is 0 Å². The van der Waals surface area contributed by atoms with E-state index in [1.54, 1.807) is 11.3 Å². The van der Waals surface area contributed by atoms with Gasteiger partial charge in [-0.15, -0.1) is 11.3 Å². The molecule has 1 aliphatic rings. The molecular formula is C17H21ClN2S. The third kappa shape index (κ3) is 3.01. The minimum absolute atomic E-state index is 0.297. The van der Waals surface area contributed by atoms with Crippen molar-refractivity contribution in [3.63, 3.8) is 0 Å². The quantitative estimate of drug-likeness (QED) is 0.852. The van der Waals surface area contributed by atoms with Crippen molar-refractivity contribution in [2.45, 2.75) is 39.7 Å². The summed E-state index contributed by atoms with van der Waals surface area (Å²) in [6.07, 6.45) is 2.21. The van der Waals surface area contributed by atoms with Crippen LogP contribution >= 0.6 is 22.9 Å². The van der Waals surface area contributed by atoms with Crippen molar-refractivity contribution in [1.82, 2.24) is 10.3 Å². The lowest BCUT2D eigenvalue weighted by atomic mass is 9.76. The zero-order valence-electron chi connectivity index (χ0n) is 12.7. The second-order valence-electron chi connectivity index (χ2n) is 6.47. The molecule has 0 amide bonds. The number of hydrogen-bond acceptors (Lipinski definition) is 3. The molecule has 3 rings (SSSR count). The third-order valence-electron chi connectivity index (χ3n) is 4.00. The lowest BCUT2D eigenvalue weighted by Gasteiger charge is -2.34. The first-order chi connectivity index (χ1) is 10.00. The molecule has 0 saturated carbocycles. The fourth-order valence-corrected chi connectivity index (χ4v) is 4.57. The predicted molar refractivity (Wildman–Crippen MR) is 91.1 cm³/mol. The van der Waals surface area contributed by atoms with Crippen LogP contribution in [0.4, 0.5) is 0 Å². The first kappa shape index (κ1) is 15.0. The largest absolute Gasteiger partial charge is 0.309 e. The lowest BCUT2D eigenvalue weighted by molar-refractivity contribution is 0.260. The van der Waals surface area contributed by atoms with Crippen molar-refractivity contribution in [3.05, 3.63) is 39.9 Å². The number of rotatable bonds is 3. The van der Waals surface area contributed by atoms with Crippen molar-refractivity contribution >= 4 is 22.9 Å². The number of thiazole rings is 1. The number of nitrogens with zero attached hydrogens (tertiary/aromatic N) is 1. The maximum Gasteiger partial charge on any atom is 0.125 e. The summed E-state index contributed by atoms with van der Waals surface area (Å²) in [7, 11) is 0. The van der Waals surface area contributed by atoms with Crippen molar-refractivity contribution in [1.29, 1.82) is 0 Å². The first-order valence-electron chi connectivity index (χ1n) is 7.48. The molecule has 1 heterocycles. The van der Waals surface area contributed by atoms with Crippen LogP contribution in [0.25, 0.3) is 10.6 Å². The van der Waals surface area contributed by atoms with E-state index in [-0.39, 0.29) is 0 Å². The SMILES string of the molecule is CCNC1CC(C)(C)Cc2nc(-c3ccccc3Cl)sc21. The summed E-state index contributed by atoms with van der Waals surface area (Å²) < 4.78 is 0. The Labute approximate surface area is 135 Å². The summed E-state index contributed by atoms with van der Waals surface area (Å²) in [5.41, 5.74) is 2.59. The highest BCUT2D eigenvalue weighted by atomic mass is 35.5. The van der Waals surface area contributed by atoms with E-state index < -0.39 is 0 Å². The van der Waals surface area contributed by atoms with Gasteiger partial charge in [0.25, 0.3) is 0 Å². The molecule has 0 spiro atoms. The van der Waals surface area contributed by atoms with Crippen LogP contribution in [0.2, 0.25) is 5.02 Å². The van der Waals surface area contributed by atoms with E-state index in [0.717, 1.165) is 35.0 Å². The zero-order chi connectivity index (χ0) is 15.0. The lowest BCUT2D eigenvalue weighted by Crippen LogP contribution is -2.32. The Morgan fingerprint density at radius 2 is 2.14 bits per heavy atom. The van der Waals surface area contributed by atoms with Gasteiger partial charge in [-0.05, 0) is 30.9 Å². The standard InChI is InChI=1S/C17H21ClN2S/c1-4-19-13-9-17(2,3)10-14-15(13)21-16(20-14)11-7-5-6-8-12(11)18/h5-8,13,19H,4,9-10H2,1-3H3. The monoisotopic (exact) mass is 320 g/mol. The van der Waals surface area contributed by atoms with Gasteiger partial charge in [0.1, 0.15) is 5.01 Å². The molecule has 2 aromatic rings. The number of nitrogens with one attached hydrogen (secondary N) is 1. The Morgan fingerprint density at radius 1 is 1.38 bits per heavy atom. The van der Waals surface area contributed by atoms with E-state index in [9.17, 15) is 0 Å². The van der Waals surface area contributed by atoms with Gasteiger partial charge in [0.2, 0.25) is 0 Å². The average Bonchev–Trinajstić information content (AvgIpc) is 2.81. The second kappa shape index (κ2) is 5.71. The van der Waals surface area contributed by atoms with Crippen LogP contribution in [-0.4, -0.2) is 11.5 Å². The molecule has 0 aliphatic heterocycles. The summed E-state index contributed by atoms with van der Waals surface area (Å²) in [6, 6.07) is 8.39. The molecule has 1 aromatic heterocycles. The van der Waals surface area contributed by atoms with E-state index in [2.05, 4.69) is 32.2 Å². The summed E-state index contributed by atoms with van der Waals surface area (Å²) in [4.78, 5) is 6.30. The topological polar surface area (TPSA) is 24.9 Å². The number of fused-ring (bicyclic) bond motifs is 1. The molecular weight excluding hydrogens is 300 g/mol. The fraction of sp³-hybridized carbons (Fsp3) is 0.471. The number of halogens is 1. The van der Waals surface area contributed by atoms with Crippen LogP contribution in [0.15, 0.2) is 24.3 Å². The molecule has 21 heavy (non-hydrogen) atoms. The van der Waals surface area contributed by atoms with Crippen LogP contribution < -0.4 is 5.32 Å². The maximum atomic E-state index is 6.33. The second-order valence-corrected chi connectivity index (χ2v) is 7.90. The normalized spacial score (nSPS) is 20.3. The Bertz CT molecular complexity index is 648. The molecule has 1 N–H and O–H groups in total. The molecule has 0 bridgehead atoms. The molecule has 1 unspecified atom stereocenters. The summed E-state index contributed by atoms with van der Waals surface area (Å²) in [5.74, 6) is 0. The van der Waals surface area contributed by atoms with Crippen LogP contribution in [-0.2, 0) is 6.42 Å². The van der Waals surface area contributed by atoms with Crippen LogP contribution in [0, 0.1) is 5.41 Å². The van der Waals surface area contributed by atoms with Gasteiger partial charge in [-0.25, -0.2) is 4.98 Å². The van der Waals surface area contributed by atoms with Crippen molar-refractivity contribution in [2.24, 2.45) is 5.41 Å². The molecule has 1 atom stereocenters. The van der Waals surface area contributed by atoms with Gasteiger partial charge in [0, 0.05) is 16.5 Å². The maximum absolute atomic E-state index is 6.33. The number of aromatic nitrogens is 1. The van der Waals surface area contributed by atoms with Gasteiger partial charge in [-0.1, -0.05) is 50.6 Å². The van der Waals surface area contributed by atoms with Gasteiger partial charge < -0.3 is 5.32 Å². The Kier molecular flexibility index (Phi) is 4.08. The fourth-order valence-electron chi connectivity index (χ4n) is 3.09. The average molecular weight is 321 g/mol. The highest BCUT2D eigenvalue weighted by Gasteiger charge is 2.34. The van der Waals surface area contributed by atoms with E-state index in [0.29, 0.717) is 11.5 Å². The van der Waals surface area contributed by atoms with E-state index in [4.69, 9.17) is 16.6 Å². The molecule has 1 aromatic carbocycles. The summed E-state index contributed by atoms with van der Waals surface area (Å²) in [5, 5.41) is 5.44. The van der Waals surface area contributed by atoms with Crippen molar-refractivity contribution in [3.8, 4) is 10.6 Å². The molecule has 2 nitrogen and oxygen atoms in total. The van der Waals surface area contributed by atoms with Gasteiger partial charge in [0.05, 0.1) is 10.7 Å². The van der Waals surface area contributed by atoms with E-state index >= 15 is 0 Å². The summed E-state index contributed by atoms with van der Waals surface area (Å²) in [6.45, 7) is 7.81. The highest BCUT2D eigenvalue weighted by Crippen LogP contribution is 2.45. The minimum Gasteiger partial charge on any atom is -0.309 e. The van der Waals surface area contributed by atoms with Crippen LogP contribution in [0.3, 0.4) is 0 Å². The van der Waals surface area contributed by atoms with Gasteiger partial charge in [-0.2, -0.15) is 0 Å². The minimum atomic E-state index is 0.297. The van der Waals surface area contributed by atoms with Gasteiger partial charge >= 0.3 is 0 Å². The van der Waals surface area contributed by atoms with E-state index in [1.807, 2.05) is 18.2 Å². The van der Waals surface area contributed by atoms with Crippen LogP contribution in [0.1, 0.15) is 43.8 Å². The smallest absolute Gasteiger partial charge is 0.125 e. The molecule has 0 fully saturated rings. The number of benzene rings is 1. The molecule has 0 radical (unpaired) electrons. The Morgan fingerprint density at radius 3 is 2.86 bits per heavy atom. The summed E-state index contributed by atoms with van der Waals surface area (Å²) >= 11 is 8.12. The van der Waals surface area contributed by atoms with Crippen molar-refractivity contribution in [2.75, 3.05) is 6.54 Å². The third-order valence-corrected chi connectivity index (χ3v) is 5.58. The van der Waals surface area contributed by atoms with Crippen molar-refractivity contribution < 1.29 is 0 Å². The van der Waals surface area contributed by atoms with Gasteiger partial charge in [0.15, 0.2) is 0 Å². The van der Waals surface area contributed by atoms with E-state index in [1.165, 1.54) is 10.6 Å². The molecule has 1 aliphatic carbocycles. The Balaban J connectivity index is 2.04.